The molecule has 2 aromatic carbocycles. The van der Waals surface area contributed by atoms with Crippen molar-refractivity contribution in [2.75, 3.05) is 17.9 Å². The highest BCUT2D eigenvalue weighted by Crippen LogP contribution is 2.30. The van der Waals surface area contributed by atoms with Crippen LogP contribution in [0.4, 0.5) is 5.95 Å². The van der Waals surface area contributed by atoms with Crippen LogP contribution in [0.15, 0.2) is 70.1 Å². The monoisotopic (exact) mass is 698 g/mol. The van der Waals surface area contributed by atoms with Crippen LogP contribution in [0.25, 0.3) is 22.5 Å². The molecule has 12 heteroatoms. The standard InChI is InChI=1S/C36H40N6O5S.C2H6/c1-21(2)31-15-30-34(47-31)38-18-25(39-30)17-37-26(19-45-27-11-7-12-27)20-46-32-16-29(33-22(3)8-5-9-23(33)4)40-36(41-32)42-48-28-13-6-10-24(14-28)35(43)44;1-2/h5-6,8-10,13-16,18,21,26-27,37H,7,11-12,17,19-20H2,1-4H3,(H,43,44)(H,40,41,42);1-2H3. The first-order chi connectivity index (χ1) is 24.2. The lowest BCUT2D eigenvalue weighted by atomic mass is 9.96. The minimum atomic E-state index is -0.986. The van der Waals surface area contributed by atoms with E-state index in [0.29, 0.717) is 42.2 Å². The Bertz CT molecular complexity index is 1870. The molecule has 1 fully saturated rings. The van der Waals surface area contributed by atoms with E-state index in [9.17, 15) is 9.90 Å². The lowest BCUT2D eigenvalue weighted by Crippen LogP contribution is -2.40. The zero-order valence-electron chi connectivity index (χ0n) is 29.5. The SMILES string of the molecule is CC.Cc1cccc(C)c1-c1cc(OCC(COC2CCC2)NCc2cnc3oc(C(C)C)cc3n2)nc(NSc2cccc(C(=O)O)c2)n1. The topological polar surface area (TPSA) is 145 Å². The van der Waals surface area contributed by atoms with Gasteiger partial charge in [-0.1, -0.05) is 52.0 Å². The van der Waals surface area contributed by atoms with Crippen molar-refractivity contribution >= 4 is 35.1 Å². The number of aromatic carboxylic acids is 1. The summed E-state index contributed by atoms with van der Waals surface area (Å²) >= 11 is 1.23. The van der Waals surface area contributed by atoms with Gasteiger partial charge >= 0.3 is 5.97 Å². The summed E-state index contributed by atoms with van der Waals surface area (Å²) in [5.41, 5.74) is 6.16. The largest absolute Gasteiger partial charge is 0.478 e. The van der Waals surface area contributed by atoms with E-state index in [2.05, 4.69) is 59.8 Å². The molecule has 0 bridgehead atoms. The maximum atomic E-state index is 11.5. The van der Waals surface area contributed by atoms with E-state index in [4.69, 9.17) is 23.9 Å². The van der Waals surface area contributed by atoms with Crippen LogP contribution in [-0.4, -0.2) is 56.4 Å². The van der Waals surface area contributed by atoms with Crippen LogP contribution in [-0.2, 0) is 11.3 Å². The molecular formula is C38H46N6O5S. The van der Waals surface area contributed by atoms with Crippen molar-refractivity contribution in [3.05, 3.63) is 88.9 Å². The molecule has 1 aliphatic rings. The summed E-state index contributed by atoms with van der Waals surface area (Å²) in [5.74, 6) is 0.876. The van der Waals surface area contributed by atoms with Crippen LogP contribution in [0.5, 0.6) is 5.88 Å². The number of carboxylic acids is 1. The summed E-state index contributed by atoms with van der Waals surface area (Å²) < 4.78 is 21.6. The summed E-state index contributed by atoms with van der Waals surface area (Å²) in [6.07, 6.45) is 5.33. The van der Waals surface area contributed by atoms with Gasteiger partial charge in [-0.15, -0.1) is 0 Å². The molecule has 3 N–H and O–H groups in total. The number of hydrogen-bond donors (Lipinski definition) is 3. The Kier molecular flexibility index (Phi) is 12.8. The van der Waals surface area contributed by atoms with Crippen molar-refractivity contribution in [3.63, 3.8) is 0 Å². The van der Waals surface area contributed by atoms with Gasteiger partial charge < -0.3 is 24.3 Å². The summed E-state index contributed by atoms with van der Waals surface area (Å²) in [6.45, 7) is 13.5. The zero-order valence-corrected chi connectivity index (χ0v) is 30.3. The smallest absolute Gasteiger partial charge is 0.335 e. The van der Waals surface area contributed by atoms with Crippen LogP contribution in [0, 0.1) is 13.8 Å². The number of anilines is 1. The van der Waals surface area contributed by atoms with E-state index in [0.717, 1.165) is 52.2 Å². The lowest BCUT2D eigenvalue weighted by Gasteiger charge is -2.28. The summed E-state index contributed by atoms with van der Waals surface area (Å²) in [6, 6.07) is 16.5. The van der Waals surface area contributed by atoms with Crippen LogP contribution in [0.1, 0.15) is 85.8 Å². The summed E-state index contributed by atoms with van der Waals surface area (Å²) in [4.78, 5) is 30.9. The number of hydrogen-bond acceptors (Lipinski definition) is 11. The van der Waals surface area contributed by atoms with Crippen molar-refractivity contribution < 1.29 is 23.8 Å². The second-order valence-corrected chi connectivity index (χ2v) is 13.2. The molecule has 1 aliphatic carbocycles. The average Bonchev–Trinajstić information content (AvgIpc) is 3.53. The molecule has 0 radical (unpaired) electrons. The number of aromatic nitrogens is 4. The van der Waals surface area contributed by atoms with Gasteiger partial charge in [-0.05, 0) is 74.4 Å². The Labute approximate surface area is 297 Å². The number of nitrogens with one attached hydrogen (secondary N) is 2. The van der Waals surface area contributed by atoms with Gasteiger partial charge in [-0.25, -0.2) is 19.7 Å². The molecular weight excluding hydrogens is 653 g/mol. The normalized spacial score (nSPS) is 13.4. The van der Waals surface area contributed by atoms with E-state index in [-0.39, 0.29) is 23.6 Å². The molecule has 264 valence electrons. The van der Waals surface area contributed by atoms with E-state index in [1.54, 1.807) is 24.4 Å². The van der Waals surface area contributed by atoms with Crippen LogP contribution >= 0.6 is 11.9 Å². The second kappa shape index (κ2) is 17.4. The molecule has 3 heterocycles. The summed E-state index contributed by atoms with van der Waals surface area (Å²) in [7, 11) is 0. The van der Waals surface area contributed by atoms with Crippen molar-refractivity contribution in [1.29, 1.82) is 0 Å². The molecule has 5 aromatic rings. The van der Waals surface area contributed by atoms with Gasteiger partial charge in [0.2, 0.25) is 17.5 Å². The number of nitrogens with zero attached hydrogens (tertiary/aromatic N) is 4. The van der Waals surface area contributed by atoms with Gasteiger partial charge in [0, 0.05) is 35.1 Å². The highest BCUT2D eigenvalue weighted by molar-refractivity contribution is 8.00. The van der Waals surface area contributed by atoms with E-state index in [1.807, 2.05) is 38.1 Å². The lowest BCUT2D eigenvalue weighted by molar-refractivity contribution is -0.0142. The van der Waals surface area contributed by atoms with Crippen molar-refractivity contribution in [2.45, 2.75) is 90.3 Å². The van der Waals surface area contributed by atoms with Crippen molar-refractivity contribution in [3.8, 4) is 17.1 Å². The highest BCUT2D eigenvalue weighted by Gasteiger charge is 2.21. The first-order valence-electron chi connectivity index (χ1n) is 17.2. The number of furan rings is 1. The molecule has 0 aliphatic heterocycles. The predicted molar refractivity (Wildman–Crippen MR) is 197 cm³/mol. The fourth-order valence-electron chi connectivity index (χ4n) is 5.33. The number of rotatable bonds is 15. The van der Waals surface area contributed by atoms with Crippen LogP contribution in [0.3, 0.4) is 0 Å². The van der Waals surface area contributed by atoms with E-state index >= 15 is 0 Å². The molecule has 11 nitrogen and oxygen atoms in total. The van der Waals surface area contributed by atoms with Gasteiger partial charge in [0.15, 0.2) is 0 Å². The van der Waals surface area contributed by atoms with E-state index in [1.165, 1.54) is 18.4 Å². The van der Waals surface area contributed by atoms with Crippen LogP contribution < -0.4 is 14.8 Å². The third-order valence-corrected chi connectivity index (χ3v) is 9.02. The number of carboxylic acid groups (broad SMARTS) is 1. The fraction of sp³-hybridized carbons (Fsp3) is 0.395. The molecule has 1 unspecified atom stereocenters. The molecule has 3 aromatic heterocycles. The quantitative estimate of drug-likeness (QED) is 0.0904. The summed E-state index contributed by atoms with van der Waals surface area (Å²) in [5, 5.41) is 13.0. The first-order valence-corrected chi connectivity index (χ1v) is 18.0. The number of fused-ring (bicyclic) bond motifs is 1. The van der Waals surface area contributed by atoms with Gasteiger partial charge in [0.1, 0.15) is 17.9 Å². The molecule has 6 rings (SSSR count). The van der Waals surface area contributed by atoms with Crippen molar-refractivity contribution in [1.82, 2.24) is 25.3 Å². The zero-order chi connectivity index (χ0) is 35.6. The van der Waals surface area contributed by atoms with Crippen LogP contribution in [0.2, 0.25) is 0 Å². The Morgan fingerprint density at radius 3 is 2.48 bits per heavy atom. The van der Waals surface area contributed by atoms with Gasteiger partial charge in [0.05, 0.1) is 41.9 Å². The molecule has 0 spiro atoms. The maximum absolute atomic E-state index is 11.5. The van der Waals surface area contributed by atoms with Gasteiger partial charge in [-0.3, -0.25) is 4.72 Å². The van der Waals surface area contributed by atoms with Gasteiger partial charge in [0.25, 0.3) is 0 Å². The Morgan fingerprint density at radius 2 is 1.78 bits per heavy atom. The molecule has 1 atom stereocenters. The Morgan fingerprint density at radius 1 is 1.02 bits per heavy atom. The molecule has 1 saturated carbocycles. The molecule has 0 saturated heterocycles. The minimum Gasteiger partial charge on any atom is -0.478 e. The fourth-order valence-corrected chi connectivity index (χ4v) is 5.96. The molecule has 50 heavy (non-hydrogen) atoms. The third kappa shape index (κ3) is 9.58. The Hall–Kier alpha value is -4.52. The predicted octanol–water partition coefficient (Wildman–Crippen LogP) is 8.37. The number of carbonyl (C=O) groups is 1. The average molecular weight is 699 g/mol. The first kappa shape index (κ1) is 36.8. The number of aryl methyl sites for hydroxylation is 2. The number of ether oxygens (including phenoxy) is 2. The minimum absolute atomic E-state index is 0.151. The van der Waals surface area contributed by atoms with Gasteiger partial charge in [-0.2, -0.15) is 4.98 Å². The Balaban J connectivity index is 0.00000239. The molecule has 0 amide bonds. The highest BCUT2D eigenvalue weighted by atomic mass is 32.2. The second-order valence-electron chi connectivity index (χ2n) is 12.3. The van der Waals surface area contributed by atoms with Crippen molar-refractivity contribution in [2.24, 2.45) is 0 Å². The number of benzene rings is 2. The maximum Gasteiger partial charge on any atom is 0.335 e. The van der Waals surface area contributed by atoms with E-state index < -0.39 is 5.97 Å². The third-order valence-electron chi connectivity index (χ3n) is 8.25.